The molecule has 2 heterocycles. The maximum atomic E-state index is 13.6. The van der Waals surface area contributed by atoms with Gasteiger partial charge >= 0.3 is 0 Å². The standard InChI is InChI=1S/C20H30FN2O.Y/c1-4-23(11-6-5-7-12-23)18-9-8-10-22(20(18)24)19-15(2)13-17(21)14-16(19)3;/h13-14,18H,4-12H2,1-3H3;/q+1;. The minimum absolute atomic E-state index is 0. The third-order valence-corrected chi connectivity index (χ3v) is 6.13. The fourth-order valence-electron chi connectivity index (χ4n) is 4.91. The normalized spacial score (nSPS) is 23.3. The second-order valence-corrected chi connectivity index (χ2v) is 7.58. The van der Waals surface area contributed by atoms with Gasteiger partial charge in [0.25, 0.3) is 5.91 Å². The summed E-state index contributed by atoms with van der Waals surface area (Å²) < 4.78 is 14.6. The summed E-state index contributed by atoms with van der Waals surface area (Å²) in [5.41, 5.74) is 2.66. The Morgan fingerprint density at radius 1 is 1.12 bits per heavy atom. The second kappa shape index (κ2) is 8.58. The molecule has 0 aliphatic carbocycles. The monoisotopic (exact) mass is 422 g/mol. The van der Waals surface area contributed by atoms with Crippen LogP contribution in [0.25, 0.3) is 0 Å². The quantitative estimate of drug-likeness (QED) is 0.676. The number of quaternary nitrogens is 1. The summed E-state index contributed by atoms with van der Waals surface area (Å²) in [6.07, 6.45) is 5.77. The van der Waals surface area contributed by atoms with Crippen LogP contribution in [0, 0.1) is 19.7 Å². The van der Waals surface area contributed by atoms with Crippen molar-refractivity contribution in [1.82, 2.24) is 0 Å². The Morgan fingerprint density at radius 3 is 2.28 bits per heavy atom. The van der Waals surface area contributed by atoms with Crippen LogP contribution in [0.3, 0.4) is 0 Å². The molecular weight excluding hydrogens is 392 g/mol. The number of piperidine rings is 2. The molecule has 0 spiro atoms. The number of benzene rings is 1. The van der Waals surface area contributed by atoms with Gasteiger partial charge in [-0.1, -0.05) is 0 Å². The maximum absolute atomic E-state index is 13.6. The molecule has 3 nitrogen and oxygen atoms in total. The van der Waals surface area contributed by atoms with E-state index in [0.717, 1.165) is 60.3 Å². The number of carbonyl (C=O) groups is 1. The average molecular weight is 422 g/mol. The van der Waals surface area contributed by atoms with Gasteiger partial charge in [-0.25, -0.2) is 4.39 Å². The first-order valence-corrected chi connectivity index (χ1v) is 9.42. The number of likely N-dealkylation sites (tertiary alicyclic amines) is 1. The number of rotatable bonds is 3. The van der Waals surface area contributed by atoms with Gasteiger partial charge in [0.2, 0.25) is 0 Å². The summed E-state index contributed by atoms with van der Waals surface area (Å²) in [5.74, 6) is 0.0330. The van der Waals surface area contributed by atoms with Gasteiger partial charge in [-0.05, 0) is 69.7 Å². The first-order chi connectivity index (χ1) is 11.5. The molecule has 0 saturated carbocycles. The summed E-state index contributed by atoms with van der Waals surface area (Å²) >= 11 is 0. The van der Waals surface area contributed by atoms with E-state index >= 15 is 0 Å². The molecule has 2 saturated heterocycles. The van der Waals surface area contributed by atoms with Crippen LogP contribution in [0.5, 0.6) is 0 Å². The van der Waals surface area contributed by atoms with E-state index in [0.29, 0.717) is 0 Å². The first-order valence-electron chi connectivity index (χ1n) is 9.42. The molecule has 3 rings (SSSR count). The molecule has 2 fully saturated rings. The van der Waals surface area contributed by atoms with Crippen molar-refractivity contribution in [3.05, 3.63) is 29.1 Å². The number of anilines is 1. The zero-order valence-electron chi connectivity index (χ0n) is 15.9. The molecule has 1 aromatic carbocycles. The van der Waals surface area contributed by atoms with Crippen LogP contribution in [0.4, 0.5) is 10.1 Å². The van der Waals surface area contributed by atoms with E-state index in [9.17, 15) is 9.18 Å². The van der Waals surface area contributed by atoms with Crippen LogP contribution in [-0.4, -0.2) is 42.6 Å². The van der Waals surface area contributed by atoms with Crippen molar-refractivity contribution in [3.8, 4) is 0 Å². The SMILES string of the molecule is CC[N+]1(C2CCCN(c3c(C)cc(F)cc3C)C2=O)CCCCC1.[Y]. The second-order valence-electron chi connectivity index (χ2n) is 7.58. The first kappa shape index (κ1) is 21.0. The summed E-state index contributed by atoms with van der Waals surface area (Å²) in [4.78, 5) is 15.3. The van der Waals surface area contributed by atoms with Crippen molar-refractivity contribution < 1.29 is 46.4 Å². The Labute approximate surface area is 176 Å². The Kier molecular flexibility index (Phi) is 7.21. The van der Waals surface area contributed by atoms with Gasteiger partial charge in [0.1, 0.15) is 5.82 Å². The number of carbonyl (C=O) groups excluding carboxylic acids is 1. The molecule has 1 atom stereocenters. The molecule has 0 N–H and O–H groups in total. The van der Waals surface area contributed by atoms with Crippen LogP contribution in [0.2, 0.25) is 0 Å². The number of halogens is 1. The van der Waals surface area contributed by atoms with Crippen molar-refractivity contribution in [3.63, 3.8) is 0 Å². The molecular formula is C20H30FN2OY+. The van der Waals surface area contributed by atoms with Gasteiger partial charge in [0, 0.05) is 51.4 Å². The predicted octanol–water partition coefficient (Wildman–Crippen LogP) is 3.96. The zero-order chi connectivity index (χ0) is 17.3. The molecule has 1 amide bonds. The largest absolute Gasteiger partial charge is 0.314 e. The predicted molar refractivity (Wildman–Crippen MR) is 95.6 cm³/mol. The summed E-state index contributed by atoms with van der Waals surface area (Å²) in [6, 6.07) is 3.17. The molecule has 135 valence electrons. The molecule has 1 aromatic rings. The minimum Gasteiger partial charge on any atom is -0.314 e. The molecule has 5 heteroatoms. The molecule has 1 unspecified atom stereocenters. The van der Waals surface area contributed by atoms with E-state index in [-0.39, 0.29) is 50.5 Å². The summed E-state index contributed by atoms with van der Waals surface area (Å²) in [6.45, 7) is 10.1. The van der Waals surface area contributed by atoms with Crippen LogP contribution in [-0.2, 0) is 37.5 Å². The third kappa shape index (κ3) is 4.01. The van der Waals surface area contributed by atoms with Crippen LogP contribution >= 0.6 is 0 Å². The van der Waals surface area contributed by atoms with E-state index < -0.39 is 0 Å². The van der Waals surface area contributed by atoms with Gasteiger partial charge in [0.05, 0.1) is 19.6 Å². The van der Waals surface area contributed by atoms with Crippen molar-refractivity contribution in [2.75, 3.05) is 31.1 Å². The zero-order valence-corrected chi connectivity index (χ0v) is 18.7. The molecule has 0 bridgehead atoms. The van der Waals surface area contributed by atoms with E-state index in [2.05, 4.69) is 6.92 Å². The topological polar surface area (TPSA) is 20.3 Å². The van der Waals surface area contributed by atoms with Crippen molar-refractivity contribution in [2.45, 2.75) is 58.9 Å². The average Bonchev–Trinajstić information content (AvgIpc) is 2.56. The van der Waals surface area contributed by atoms with E-state index in [1.165, 1.54) is 19.3 Å². The molecule has 1 radical (unpaired) electrons. The smallest absolute Gasteiger partial charge is 0.285 e. The molecule has 2 aliphatic rings. The number of amides is 1. The maximum Gasteiger partial charge on any atom is 0.285 e. The van der Waals surface area contributed by atoms with E-state index in [1.807, 2.05) is 18.7 Å². The number of hydrogen-bond acceptors (Lipinski definition) is 1. The molecule has 25 heavy (non-hydrogen) atoms. The Morgan fingerprint density at radius 2 is 1.72 bits per heavy atom. The fourth-order valence-corrected chi connectivity index (χ4v) is 4.91. The Bertz CT molecular complexity index is 605. The number of hydrogen-bond donors (Lipinski definition) is 0. The summed E-state index contributed by atoms with van der Waals surface area (Å²) in [5, 5.41) is 0. The van der Waals surface area contributed by atoms with Crippen LogP contribution in [0.1, 0.15) is 50.2 Å². The van der Waals surface area contributed by atoms with E-state index in [4.69, 9.17) is 0 Å². The van der Waals surface area contributed by atoms with E-state index in [1.54, 1.807) is 12.1 Å². The minimum atomic E-state index is -0.220. The number of likely N-dealkylation sites (N-methyl/N-ethyl adjacent to an activating group) is 1. The molecule has 0 aromatic heterocycles. The van der Waals surface area contributed by atoms with Gasteiger partial charge in [-0.15, -0.1) is 0 Å². The van der Waals surface area contributed by atoms with Gasteiger partial charge < -0.3 is 9.38 Å². The summed E-state index contributed by atoms with van der Waals surface area (Å²) in [7, 11) is 0. The molecule has 2 aliphatic heterocycles. The van der Waals surface area contributed by atoms with Crippen molar-refractivity contribution >= 4 is 11.6 Å². The number of aryl methyl sites for hydroxylation is 2. The van der Waals surface area contributed by atoms with Gasteiger partial charge in [-0.2, -0.15) is 0 Å². The fraction of sp³-hybridized carbons (Fsp3) is 0.650. The van der Waals surface area contributed by atoms with Gasteiger partial charge in [-0.3, -0.25) is 4.79 Å². The van der Waals surface area contributed by atoms with Crippen LogP contribution < -0.4 is 4.90 Å². The Hall–Kier alpha value is -0.316. The van der Waals surface area contributed by atoms with Crippen molar-refractivity contribution in [2.24, 2.45) is 0 Å². The Balaban J connectivity index is 0.00000225. The third-order valence-electron chi connectivity index (χ3n) is 6.13. The number of nitrogens with zero attached hydrogens (tertiary/aromatic N) is 2. The van der Waals surface area contributed by atoms with Crippen molar-refractivity contribution in [1.29, 1.82) is 0 Å². The van der Waals surface area contributed by atoms with Crippen LogP contribution in [0.15, 0.2) is 12.1 Å². The van der Waals surface area contributed by atoms with Gasteiger partial charge in [0.15, 0.2) is 6.04 Å².